The third-order valence-electron chi connectivity index (χ3n) is 1.99. The van der Waals surface area contributed by atoms with Gasteiger partial charge in [-0.1, -0.05) is 12.1 Å². The lowest BCUT2D eigenvalue weighted by atomic mass is 10.1. The lowest BCUT2D eigenvalue weighted by molar-refractivity contribution is -0.131. The molecule has 94 valence electrons. The first kappa shape index (κ1) is 15.4. The Hall–Kier alpha value is -1.59. The number of hydrogen-bond acceptors (Lipinski definition) is 4. The quantitative estimate of drug-likeness (QED) is 0.627. The smallest absolute Gasteiger partial charge is 0.339 e. The molecule has 17 heavy (non-hydrogen) atoms. The van der Waals surface area contributed by atoms with Crippen LogP contribution in [0.4, 0.5) is 0 Å². The molecule has 6 heteroatoms. The third-order valence-corrected chi connectivity index (χ3v) is 1.99. The van der Waals surface area contributed by atoms with Crippen LogP contribution in [-0.2, 0) is 11.2 Å². The number of esters is 1. The van der Waals surface area contributed by atoms with Crippen molar-refractivity contribution in [3.63, 3.8) is 0 Å². The van der Waals surface area contributed by atoms with Crippen molar-refractivity contribution in [1.82, 2.24) is 0 Å². The topological polar surface area (TPSA) is 89.6 Å². The first-order valence-electron chi connectivity index (χ1n) is 4.80. The summed E-state index contributed by atoms with van der Waals surface area (Å²) >= 11 is 0. The monoisotopic (exact) mass is 259 g/mol. The SMILES string of the molecule is CC(=O)Oc1c(CCN)cccc1C(=O)O.Cl. The van der Waals surface area contributed by atoms with Crippen molar-refractivity contribution in [2.24, 2.45) is 5.73 Å². The van der Waals surface area contributed by atoms with Crippen LogP contribution in [0.5, 0.6) is 5.75 Å². The number of nitrogens with two attached hydrogens (primary N) is 1. The summed E-state index contributed by atoms with van der Waals surface area (Å²) in [6.07, 6.45) is 0.462. The van der Waals surface area contributed by atoms with Gasteiger partial charge >= 0.3 is 11.9 Å². The number of hydrogen-bond donors (Lipinski definition) is 2. The molecule has 1 rings (SSSR count). The van der Waals surface area contributed by atoms with E-state index in [9.17, 15) is 9.59 Å². The third kappa shape index (κ3) is 4.05. The van der Waals surface area contributed by atoms with E-state index in [2.05, 4.69) is 0 Å². The second-order valence-electron chi connectivity index (χ2n) is 3.23. The summed E-state index contributed by atoms with van der Waals surface area (Å²) in [7, 11) is 0. The molecule has 0 saturated carbocycles. The minimum atomic E-state index is -1.13. The molecule has 0 aliphatic heterocycles. The maximum atomic E-state index is 10.9. The summed E-state index contributed by atoms with van der Waals surface area (Å²) in [4.78, 5) is 21.8. The summed E-state index contributed by atoms with van der Waals surface area (Å²) in [5.41, 5.74) is 5.99. The fourth-order valence-electron chi connectivity index (χ4n) is 1.37. The Bertz CT molecular complexity index is 420. The first-order chi connectivity index (χ1) is 7.56. The van der Waals surface area contributed by atoms with Crippen LogP contribution in [-0.4, -0.2) is 23.6 Å². The van der Waals surface area contributed by atoms with Gasteiger partial charge in [0.15, 0.2) is 0 Å². The van der Waals surface area contributed by atoms with Crippen molar-refractivity contribution in [3.8, 4) is 5.75 Å². The van der Waals surface area contributed by atoms with Crippen molar-refractivity contribution in [2.75, 3.05) is 6.54 Å². The van der Waals surface area contributed by atoms with Gasteiger partial charge in [-0.15, -0.1) is 12.4 Å². The molecule has 0 unspecified atom stereocenters. The normalized spacial score (nSPS) is 9.29. The maximum Gasteiger partial charge on any atom is 0.339 e. The summed E-state index contributed by atoms with van der Waals surface area (Å²) in [6.45, 7) is 1.59. The van der Waals surface area contributed by atoms with Crippen LogP contribution < -0.4 is 10.5 Å². The van der Waals surface area contributed by atoms with E-state index in [0.29, 0.717) is 18.5 Å². The lowest BCUT2D eigenvalue weighted by Crippen LogP contribution is -2.12. The van der Waals surface area contributed by atoms with E-state index < -0.39 is 11.9 Å². The van der Waals surface area contributed by atoms with Gasteiger partial charge in [-0.25, -0.2) is 4.79 Å². The zero-order valence-corrected chi connectivity index (χ0v) is 10.1. The number of carbonyl (C=O) groups is 2. The molecule has 5 nitrogen and oxygen atoms in total. The molecular weight excluding hydrogens is 246 g/mol. The van der Waals surface area contributed by atoms with Crippen LogP contribution >= 0.6 is 12.4 Å². The fraction of sp³-hybridized carbons (Fsp3) is 0.273. The highest BCUT2D eigenvalue weighted by atomic mass is 35.5. The van der Waals surface area contributed by atoms with E-state index in [1.165, 1.54) is 13.0 Å². The van der Waals surface area contributed by atoms with Gasteiger partial charge in [0.05, 0.1) is 0 Å². The largest absolute Gasteiger partial charge is 0.478 e. The number of carboxylic acids is 1. The Morgan fingerprint density at radius 2 is 2.06 bits per heavy atom. The van der Waals surface area contributed by atoms with Crippen molar-refractivity contribution in [2.45, 2.75) is 13.3 Å². The van der Waals surface area contributed by atoms with Gasteiger partial charge in [-0.2, -0.15) is 0 Å². The summed E-state index contributed by atoms with van der Waals surface area (Å²) in [5.74, 6) is -1.59. The van der Waals surface area contributed by atoms with Crippen LogP contribution in [0.2, 0.25) is 0 Å². The van der Waals surface area contributed by atoms with Gasteiger partial charge in [0, 0.05) is 6.92 Å². The van der Waals surface area contributed by atoms with E-state index in [-0.39, 0.29) is 23.7 Å². The zero-order valence-electron chi connectivity index (χ0n) is 9.30. The molecule has 0 radical (unpaired) electrons. The number of halogens is 1. The molecule has 0 aromatic heterocycles. The Morgan fingerprint density at radius 3 is 2.53 bits per heavy atom. The minimum Gasteiger partial charge on any atom is -0.478 e. The van der Waals surface area contributed by atoms with Gasteiger partial charge < -0.3 is 15.6 Å². The highest BCUT2D eigenvalue weighted by molar-refractivity contribution is 5.92. The van der Waals surface area contributed by atoms with Crippen molar-refractivity contribution >= 4 is 24.3 Å². The minimum absolute atomic E-state index is 0. The molecule has 0 aliphatic rings. The van der Waals surface area contributed by atoms with E-state index in [1.54, 1.807) is 12.1 Å². The van der Waals surface area contributed by atoms with E-state index >= 15 is 0 Å². The van der Waals surface area contributed by atoms with Gasteiger partial charge in [-0.05, 0) is 24.6 Å². The van der Waals surface area contributed by atoms with Crippen molar-refractivity contribution in [1.29, 1.82) is 0 Å². The van der Waals surface area contributed by atoms with Crippen LogP contribution in [0.1, 0.15) is 22.8 Å². The molecule has 0 fully saturated rings. The zero-order chi connectivity index (χ0) is 12.1. The second kappa shape index (κ2) is 6.88. The first-order valence-corrected chi connectivity index (χ1v) is 4.80. The molecule has 0 bridgehead atoms. The molecule has 3 N–H and O–H groups in total. The standard InChI is InChI=1S/C11H13NO4.ClH/c1-7(13)16-10-8(5-6-12)3-2-4-9(10)11(14)15;/h2-4H,5-6,12H2,1H3,(H,14,15);1H. The van der Waals surface area contributed by atoms with Gasteiger partial charge in [-0.3, -0.25) is 4.79 Å². The molecule has 0 aliphatic carbocycles. The van der Waals surface area contributed by atoms with Crippen LogP contribution in [0.15, 0.2) is 18.2 Å². The number of aromatic carboxylic acids is 1. The Balaban J connectivity index is 0.00000256. The molecule has 1 aromatic rings. The highest BCUT2D eigenvalue weighted by Gasteiger charge is 2.16. The molecule has 0 spiro atoms. The number of rotatable bonds is 4. The number of ether oxygens (including phenoxy) is 1. The van der Waals surface area contributed by atoms with Crippen molar-refractivity contribution in [3.05, 3.63) is 29.3 Å². The average Bonchev–Trinajstić information content (AvgIpc) is 2.19. The number of para-hydroxylation sites is 1. The molecule has 0 heterocycles. The predicted molar refractivity (Wildman–Crippen MR) is 64.7 cm³/mol. The van der Waals surface area contributed by atoms with Crippen molar-refractivity contribution < 1.29 is 19.4 Å². The predicted octanol–water partition coefficient (Wildman–Crippen LogP) is 1.23. The van der Waals surface area contributed by atoms with Gasteiger partial charge in [0.1, 0.15) is 11.3 Å². The molecule has 1 aromatic carbocycles. The summed E-state index contributed by atoms with van der Waals surface area (Å²) in [5, 5.41) is 8.95. The Morgan fingerprint density at radius 1 is 1.41 bits per heavy atom. The molecular formula is C11H14ClNO4. The van der Waals surface area contributed by atoms with Crippen LogP contribution in [0.25, 0.3) is 0 Å². The molecule has 0 saturated heterocycles. The summed E-state index contributed by atoms with van der Waals surface area (Å²) < 4.78 is 4.92. The number of carbonyl (C=O) groups excluding carboxylic acids is 1. The number of benzene rings is 1. The van der Waals surface area contributed by atoms with Gasteiger partial charge in [0.25, 0.3) is 0 Å². The van der Waals surface area contributed by atoms with E-state index in [1.807, 2.05) is 0 Å². The maximum absolute atomic E-state index is 10.9. The number of carboxylic acid groups (broad SMARTS) is 1. The highest BCUT2D eigenvalue weighted by Crippen LogP contribution is 2.24. The lowest BCUT2D eigenvalue weighted by Gasteiger charge is -2.10. The van der Waals surface area contributed by atoms with Crippen LogP contribution in [0, 0.1) is 0 Å². The molecule has 0 atom stereocenters. The average molecular weight is 260 g/mol. The Kier molecular flexibility index (Phi) is 6.23. The van der Waals surface area contributed by atoms with Crippen LogP contribution in [0.3, 0.4) is 0 Å². The fourth-order valence-corrected chi connectivity index (χ4v) is 1.37. The van der Waals surface area contributed by atoms with E-state index in [4.69, 9.17) is 15.6 Å². The van der Waals surface area contributed by atoms with Gasteiger partial charge in [0.2, 0.25) is 0 Å². The summed E-state index contributed by atoms with van der Waals surface area (Å²) in [6, 6.07) is 4.68. The molecule has 0 amide bonds. The Labute approximate surface area is 105 Å². The second-order valence-corrected chi connectivity index (χ2v) is 3.23. The van der Waals surface area contributed by atoms with E-state index in [0.717, 1.165) is 0 Å².